The van der Waals surface area contributed by atoms with Crippen molar-refractivity contribution >= 4 is 17.8 Å². The van der Waals surface area contributed by atoms with Gasteiger partial charge in [-0.05, 0) is 49.2 Å². The van der Waals surface area contributed by atoms with Crippen LogP contribution in [-0.2, 0) is 14.3 Å². The van der Waals surface area contributed by atoms with Gasteiger partial charge in [-0.25, -0.2) is 18.0 Å². The van der Waals surface area contributed by atoms with Crippen molar-refractivity contribution in [1.29, 1.82) is 0 Å². The molecule has 2 aromatic carbocycles. The van der Waals surface area contributed by atoms with Gasteiger partial charge in [-0.2, -0.15) is 0 Å². The predicted octanol–water partition coefficient (Wildman–Crippen LogP) is 4.62. The molecule has 0 amide bonds. The van der Waals surface area contributed by atoms with Gasteiger partial charge >= 0.3 is 5.97 Å². The fraction of sp³-hybridized carbons (Fsp3) is 0.238. The molecule has 0 aliphatic carbocycles. The number of alkyl halides is 1. The Bertz CT molecular complexity index is 829. The fourth-order valence-corrected chi connectivity index (χ4v) is 2.65. The normalized spacial score (nSPS) is 14.6. The summed E-state index contributed by atoms with van der Waals surface area (Å²) in [7, 11) is 0. The number of ether oxygens (including phenoxy) is 1. The molecule has 0 spiro atoms. The van der Waals surface area contributed by atoms with Crippen LogP contribution in [0.5, 0.6) is 0 Å². The molecule has 2 atom stereocenters. The molecular weight excluding hydrogens is 357 g/mol. The van der Waals surface area contributed by atoms with Crippen molar-refractivity contribution in [3.63, 3.8) is 0 Å². The van der Waals surface area contributed by atoms with Crippen molar-refractivity contribution in [3.05, 3.63) is 77.4 Å². The average molecular weight is 376 g/mol. The van der Waals surface area contributed by atoms with E-state index in [-0.39, 0.29) is 12.2 Å². The Balaban J connectivity index is 2.53. The van der Waals surface area contributed by atoms with Gasteiger partial charge in [0.05, 0.1) is 12.5 Å². The first-order valence-electron chi connectivity index (χ1n) is 8.35. The van der Waals surface area contributed by atoms with Crippen LogP contribution in [-0.4, -0.2) is 24.0 Å². The summed E-state index contributed by atoms with van der Waals surface area (Å²) in [5.41, 5.74) is -2.22. The molecule has 0 saturated carbocycles. The van der Waals surface area contributed by atoms with Crippen LogP contribution in [0.25, 0.3) is 6.08 Å². The van der Waals surface area contributed by atoms with E-state index in [2.05, 4.69) is 0 Å². The number of ketones is 1. The van der Waals surface area contributed by atoms with E-state index in [0.29, 0.717) is 5.56 Å². The van der Waals surface area contributed by atoms with Gasteiger partial charge in [0.25, 0.3) is 5.67 Å². The van der Waals surface area contributed by atoms with E-state index in [4.69, 9.17) is 4.74 Å². The molecule has 0 saturated heterocycles. The minimum Gasteiger partial charge on any atom is -0.463 e. The first-order chi connectivity index (χ1) is 12.8. The molecule has 2 unspecified atom stereocenters. The Morgan fingerprint density at radius 1 is 1.04 bits per heavy atom. The predicted molar refractivity (Wildman–Crippen MR) is 95.7 cm³/mol. The number of hydrogen-bond donors (Lipinski definition) is 0. The van der Waals surface area contributed by atoms with Crippen LogP contribution in [0.3, 0.4) is 0 Å². The summed E-state index contributed by atoms with van der Waals surface area (Å²) in [5.74, 6) is -4.66. The smallest absolute Gasteiger partial charge is 0.352 e. The highest BCUT2D eigenvalue weighted by Crippen LogP contribution is 2.36. The molecule has 2 aromatic rings. The zero-order valence-electron chi connectivity index (χ0n) is 14.9. The molecule has 6 heteroatoms. The van der Waals surface area contributed by atoms with Crippen molar-refractivity contribution in [1.82, 2.24) is 0 Å². The summed E-state index contributed by atoms with van der Waals surface area (Å²) in [4.78, 5) is 24.4. The molecule has 142 valence electrons. The van der Waals surface area contributed by atoms with Crippen molar-refractivity contribution < 1.29 is 27.5 Å². The highest BCUT2D eigenvalue weighted by molar-refractivity contribution is 6.07. The Hall–Kier alpha value is -2.89. The maximum Gasteiger partial charge on any atom is 0.352 e. The number of halogens is 3. The Morgan fingerprint density at radius 2 is 1.56 bits per heavy atom. The van der Waals surface area contributed by atoms with Crippen LogP contribution in [0.1, 0.15) is 30.9 Å². The number of benzene rings is 2. The van der Waals surface area contributed by atoms with E-state index >= 15 is 4.39 Å². The minimum absolute atomic E-state index is 0.102. The van der Waals surface area contributed by atoms with E-state index in [9.17, 15) is 18.4 Å². The Kier molecular flexibility index (Phi) is 6.55. The molecule has 0 N–H and O–H groups in total. The third-order valence-corrected chi connectivity index (χ3v) is 4.09. The fourth-order valence-electron chi connectivity index (χ4n) is 2.65. The summed E-state index contributed by atoms with van der Waals surface area (Å²) >= 11 is 0. The maximum atomic E-state index is 15.7. The van der Waals surface area contributed by atoms with Crippen LogP contribution in [0.15, 0.2) is 54.6 Å². The number of carbonyl (C=O) groups excluding carboxylic acids is 2. The van der Waals surface area contributed by atoms with Gasteiger partial charge in [0.1, 0.15) is 11.6 Å². The average Bonchev–Trinajstić information content (AvgIpc) is 2.64. The van der Waals surface area contributed by atoms with E-state index in [1.165, 1.54) is 55.5 Å². The molecule has 0 heterocycles. The molecule has 27 heavy (non-hydrogen) atoms. The van der Waals surface area contributed by atoms with Crippen molar-refractivity contribution in [2.24, 2.45) is 0 Å². The molecule has 0 aromatic heterocycles. The summed E-state index contributed by atoms with van der Waals surface area (Å²) < 4.78 is 46.8. The standard InChI is InChI=1S/C21H19F3O3/c1-3-27-20(26)21(24,14(2)25)19(16-7-11-18(23)12-8-16)13-6-15-4-9-17(22)10-5-15/h4-13,19H,3H2,1-2H3/b13-6+. The molecule has 0 radical (unpaired) electrons. The molecule has 3 nitrogen and oxygen atoms in total. The molecular formula is C21H19F3O3. The van der Waals surface area contributed by atoms with Gasteiger partial charge in [-0.15, -0.1) is 0 Å². The molecule has 0 bridgehead atoms. The topological polar surface area (TPSA) is 43.4 Å². The van der Waals surface area contributed by atoms with Gasteiger partial charge in [-0.3, -0.25) is 4.79 Å². The number of rotatable bonds is 7. The van der Waals surface area contributed by atoms with Gasteiger partial charge in [0, 0.05) is 0 Å². The van der Waals surface area contributed by atoms with Crippen molar-refractivity contribution in [3.8, 4) is 0 Å². The zero-order chi connectivity index (χ0) is 20.0. The number of hydrogen-bond acceptors (Lipinski definition) is 3. The van der Waals surface area contributed by atoms with Crippen LogP contribution >= 0.6 is 0 Å². The third kappa shape index (κ3) is 4.64. The van der Waals surface area contributed by atoms with E-state index in [0.717, 1.165) is 19.1 Å². The highest BCUT2D eigenvalue weighted by Gasteiger charge is 2.52. The lowest BCUT2D eigenvalue weighted by Crippen LogP contribution is -2.47. The van der Waals surface area contributed by atoms with Gasteiger partial charge in [0.2, 0.25) is 0 Å². The second-order valence-electron chi connectivity index (χ2n) is 5.93. The molecule has 2 rings (SSSR count). The van der Waals surface area contributed by atoms with Gasteiger partial charge in [-0.1, -0.05) is 36.4 Å². The SMILES string of the molecule is CCOC(=O)C(F)(C(C)=O)C(/C=C/c1ccc(F)cc1)c1ccc(F)cc1. The second kappa shape index (κ2) is 8.66. The highest BCUT2D eigenvalue weighted by atomic mass is 19.1. The lowest BCUT2D eigenvalue weighted by Gasteiger charge is -2.28. The maximum absolute atomic E-state index is 15.7. The lowest BCUT2D eigenvalue weighted by atomic mass is 9.80. The quantitative estimate of drug-likeness (QED) is 0.523. The first kappa shape index (κ1) is 20.4. The number of Topliss-reactive ketones (excluding diaryl/α,β-unsaturated/α-hetero) is 1. The third-order valence-electron chi connectivity index (χ3n) is 4.09. The zero-order valence-corrected chi connectivity index (χ0v) is 14.9. The molecule has 0 aliphatic heterocycles. The van der Waals surface area contributed by atoms with E-state index in [1.807, 2.05) is 0 Å². The summed E-state index contributed by atoms with van der Waals surface area (Å²) in [5, 5.41) is 0. The van der Waals surface area contributed by atoms with Crippen molar-refractivity contribution in [2.45, 2.75) is 25.4 Å². The second-order valence-corrected chi connectivity index (χ2v) is 5.93. The minimum atomic E-state index is -2.98. The summed E-state index contributed by atoms with van der Waals surface area (Å²) in [6, 6.07) is 10.2. The van der Waals surface area contributed by atoms with Crippen LogP contribution in [0.4, 0.5) is 13.2 Å². The van der Waals surface area contributed by atoms with Crippen LogP contribution in [0.2, 0.25) is 0 Å². The van der Waals surface area contributed by atoms with Crippen molar-refractivity contribution in [2.75, 3.05) is 6.61 Å². The number of allylic oxidation sites excluding steroid dienone is 1. The summed E-state index contributed by atoms with van der Waals surface area (Å²) in [6.45, 7) is 2.36. The summed E-state index contributed by atoms with van der Waals surface area (Å²) in [6.07, 6.45) is 2.78. The number of carbonyl (C=O) groups is 2. The number of esters is 1. The lowest BCUT2D eigenvalue weighted by molar-refractivity contribution is -0.162. The largest absolute Gasteiger partial charge is 0.463 e. The van der Waals surface area contributed by atoms with Gasteiger partial charge < -0.3 is 4.74 Å². The molecule has 0 aliphatic rings. The van der Waals surface area contributed by atoms with Crippen LogP contribution in [0, 0.1) is 11.6 Å². The Labute approximate surface area is 155 Å². The molecule has 0 fully saturated rings. The van der Waals surface area contributed by atoms with Gasteiger partial charge in [0.15, 0.2) is 5.78 Å². The first-order valence-corrected chi connectivity index (χ1v) is 8.35. The van der Waals surface area contributed by atoms with E-state index < -0.39 is 35.0 Å². The Morgan fingerprint density at radius 3 is 2.04 bits per heavy atom. The monoisotopic (exact) mass is 376 g/mol. The van der Waals surface area contributed by atoms with Crippen LogP contribution < -0.4 is 0 Å². The van der Waals surface area contributed by atoms with E-state index in [1.54, 1.807) is 0 Å².